The smallest absolute Gasteiger partial charge is 0.258 e. The number of nitrogens with zero attached hydrogens (tertiary/aromatic N) is 4. The highest BCUT2D eigenvalue weighted by Gasteiger charge is 2.14. The van der Waals surface area contributed by atoms with Crippen molar-refractivity contribution in [1.29, 1.82) is 0 Å². The Morgan fingerprint density at radius 1 is 1.06 bits per heavy atom. The summed E-state index contributed by atoms with van der Waals surface area (Å²) in [5.74, 6) is 0.574. The minimum absolute atomic E-state index is 0.228. The molecule has 3 aromatic carbocycles. The lowest BCUT2D eigenvalue weighted by Crippen LogP contribution is -2.34. The quantitative estimate of drug-likeness (QED) is 0.380. The highest BCUT2D eigenvalue weighted by molar-refractivity contribution is 7.80. The number of carbonyl (C=O) groups excluding carboxylic acids is 1. The Labute approximate surface area is 193 Å². The van der Waals surface area contributed by atoms with Gasteiger partial charge in [0.05, 0.1) is 0 Å². The predicted octanol–water partition coefficient (Wildman–Crippen LogP) is 4.70. The van der Waals surface area contributed by atoms with E-state index in [0.717, 1.165) is 44.2 Å². The normalized spacial score (nSPS) is 11.0. The second-order valence-electron chi connectivity index (χ2n) is 7.09. The first kappa shape index (κ1) is 20.2. The van der Waals surface area contributed by atoms with E-state index in [1.807, 2.05) is 67.6 Å². The van der Waals surface area contributed by atoms with Crippen molar-refractivity contribution in [1.82, 2.24) is 25.1 Å². The number of amides is 1. The van der Waals surface area contributed by atoms with Crippen molar-refractivity contribution in [2.45, 2.75) is 13.3 Å². The van der Waals surface area contributed by atoms with Gasteiger partial charge in [-0.25, -0.2) is 0 Å². The molecule has 0 saturated carbocycles. The standard InChI is InChI=1S/C23H18N6OS2/c1-2-19-26-27-23-29(19)28-21(32-23)15-9-5-10-16(13-15)24-22(31)25-20(30)18-12-6-8-14-7-3-4-11-17(14)18/h3-13H,2H2,1H3,(H2,24,25,30,31). The van der Waals surface area contributed by atoms with Gasteiger partial charge < -0.3 is 5.32 Å². The molecule has 7 nitrogen and oxygen atoms in total. The molecule has 0 atom stereocenters. The third kappa shape index (κ3) is 3.83. The molecule has 0 aliphatic carbocycles. The van der Waals surface area contributed by atoms with Crippen molar-refractivity contribution < 1.29 is 4.79 Å². The molecule has 0 radical (unpaired) electrons. The molecule has 0 unspecified atom stereocenters. The first-order valence-corrected chi connectivity index (χ1v) is 11.3. The van der Waals surface area contributed by atoms with Gasteiger partial charge in [0.15, 0.2) is 10.9 Å². The number of carbonyl (C=O) groups is 1. The van der Waals surface area contributed by atoms with Gasteiger partial charge in [-0.3, -0.25) is 10.1 Å². The minimum Gasteiger partial charge on any atom is -0.332 e. The van der Waals surface area contributed by atoms with Crippen LogP contribution in [0, 0.1) is 0 Å². The lowest BCUT2D eigenvalue weighted by Gasteiger charge is -2.11. The number of nitrogens with one attached hydrogen (secondary N) is 2. The summed E-state index contributed by atoms with van der Waals surface area (Å²) in [7, 11) is 0. The number of anilines is 1. The molecule has 0 bridgehead atoms. The maximum atomic E-state index is 12.8. The van der Waals surface area contributed by atoms with Crippen LogP contribution >= 0.6 is 23.6 Å². The van der Waals surface area contributed by atoms with E-state index in [9.17, 15) is 4.79 Å². The SMILES string of the molecule is CCc1nnc2sc(-c3cccc(NC(=S)NC(=O)c4cccc5ccccc45)c3)nn12. The molecule has 0 fully saturated rings. The van der Waals surface area contributed by atoms with Crippen LogP contribution in [0.3, 0.4) is 0 Å². The van der Waals surface area contributed by atoms with Crippen LogP contribution in [0.5, 0.6) is 0 Å². The number of hydrogen-bond acceptors (Lipinski definition) is 6. The van der Waals surface area contributed by atoms with Crippen LogP contribution in [0.4, 0.5) is 5.69 Å². The summed E-state index contributed by atoms with van der Waals surface area (Å²) in [5.41, 5.74) is 2.26. The Kier molecular flexibility index (Phi) is 5.34. The lowest BCUT2D eigenvalue weighted by atomic mass is 10.0. The third-order valence-corrected chi connectivity index (χ3v) is 6.15. The second-order valence-corrected chi connectivity index (χ2v) is 8.45. The Balaban J connectivity index is 1.33. The Bertz CT molecular complexity index is 1470. The van der Waals surface area contributed by atoms with Crippen LogP contribution in [-0.2, 0) is 6.42 Å². The van der Waals surface area contributed by atoms with Gasteiger partial charge >= 0.3 is 0 Å². The van der Waals surface area contributed by atoms with E-state index in [1.54, 1.807) is 10.6 Å². The van der Waals surface area contributed by atoms with Crippen LogP contribution in [0.1, 0.15) is 23.1 Å². The first-order valence-electron chi connectivity index (χ1n) is 10.0. The zero-order valence-corrected chi connectivity index (χ0v) is 18.7. The fourth-order valence-corrected chi connectivity index (χ4v) is 4.55. The maximum absolute atomic E-state index is 12.8. The molecule has 1 amide bonds. The highest BCUT2D eigenvalue weighted by atomic mass is 32.1. The summed E-state index contributed by atoms with van der Waals surface area (Å²) < 4.78 is 1.77. The molecule has 158 valence electrons. The van der Waals surface area contributed by atoms with E-state index in [2.05, 4.69) is 25.9 Å². The third-order valence-electron chi connectivity index (χ3n) is 5.00. The number of benzene rings is 3. The Morgan fingerprint density at radius 2 is 1.88 bits per heavy atom. The number of rotatable bonds is 4. The van der Waals surface area contributed by atoms with Gasteiger partial charge in [0.1, 0.15) is 5.01 Å². The van der Waals surface area contributed by atoms with E-state index in [1.165, 1.54) is 11.3 Å². The summed E-state index contributed by atoms with van der Waals surface area (Å²) in [6.07, 6.45) is 0.761. The molecular formula is C23H18N6OS2. The van der Waals surface area contributed by atoms with E-state index >= 15 is 0 Å². The molecule has 0 spiro atoms. The number of aryl methyl sites for hydroxylation is 1. The van der Waals surface area contributed by atoms with Crippen molar-refractivity contribution in [3.8, 4) is 10.6 Å². The second kappa shape index (κ2) is 8.45. The van der Waals surface area contributed by atoms with Gasteiger partial charge in [-0.2, -0.15) is 9.61 Å². The summed E-state index contributed by atoms with van der Waals surface area (Å²) in [6.45, 7) is 2.02. The van der Waals surface area contributed by atoms with Gasteiger partial charge in [0.2, 0.25) is 4.96 Å². The topological polar surface area (TPSA) is 84.2 Å². The molecule has 32 heavy (non-hydrogen) atoms. The number of aromatic nitrogens is 4. The van der Waals surface area contributed by atoms with Gasteiger partial charge in [-0.15, -0.1) is 10.2 Å². The fraction of sp³-hybridized carbons (Fsp3) is 0.0870. The molecule has 9 heteroatoms. The van der Waals surface area contributed by atoms with E-state index in [-0.39, 0.29) is 11.0 Å². The molecule has 5 aromatic rings. The largest absolute Gasteiger partial charge is 0.332 e. The van der Waals surface area contributed by atoms with Crippen molar-refractivity contribution in [3.05, 3.63) is 78.1 Å². The van der Waals surface area contributed by atoms with Gasteiger partial charge in [0, 0.05) is 23.2 Å². The van der Waals surface area contributed by atoms with Crippen molar-refractivity contribution in [2.75, 3.05) is 5.32 Å². The molecule has 5 rings (SSSR count). The molecule has 0 aliphatic rings. The average Bonchev–Trinajstić information content (AvgIpc) is 3.39. The molecule has 0 saturated heterocycles. The summed E-state index contributed by atoms with van der Waals surface area (Å²) in [4.78, 5) is 13.6. The van der Waals surface area contributed by atoms with Crippen molar-refractivity contribution in [2.24, 2.45) is 0 Å². The number of hydrogen-bond donors (Lipinski definition) is 2. The van der Waals surface area contributed by atoms with Crippen LogP contribution in [0.15, 0.2) is 66.7 Å². The highest BCUT2D eigenvalue weighted by Crippen LogP contribution is 2.27. The average molecular weight is 459 g/mol. The fourth-order valence-electron chi connectivity index (χ4n) is 3.48. The summed E-state index contributed by atoms with van der Waals surface area (Å²) in [5, 5.41) is 21.7. The monoisotopic (exact) mass is 458 g/mol. The maximum Gasteiger partial charge on any atom is 0.258 e. The molecule has 0 aliphatic heterocycles. The molecule has 2 heterocycles. The van der Waals surface area contributed by atoms with Crippen LogP contribution in [-0.4, -0.2) is 30.8 Å². The summed E-state index contributed by atoms with van der Waals surface area (Å²) in [6, 6.07) is 21.1. The van der Waals surface area contributed by atoms with E-state index < -0.39 is 0 Å². The van der Waals surface area contributed by atoms with Crippen molar-refractivity contribution >= 4 is 56.0 Å². The Hall–Kier alpha value is -3.69. The zero-order valence-electron chi connectivity index (χ0n) is 17.1. The first-order chi connectivity index (χ1) is 15.6. The molecular weight excluding hydrogens is 440 g/mol. The van der Waals surface area contributed by atoms with Gasteiger partial charge in [-0.05, 0) is 41.2 Å². The Morgan fingerprint density at radius 3 is 2.75 bits per heavy atom. The molecule has 2 aromatic heterocycles. The van der Waals surface area contributed by atoms with Crippen LogP contribution < -0.4 is 10.6 Å². The van der Waals surface area contributed by atoms with Gasteiger partial charge in [0.25, 0.3) is 5.91 Å². The molecule has 2 N–H and O–H groups in total. The minimum atomic E-state index is -0.254. The van der Waals surface area contributed by atoms with Crippen molar-refractivity contribution in [3.63, 3.8) is 0 Å². The van der Waals surface area contributed by atoms with E-state index in [0.29, 0.717) is 5.56 Å². The van der Waals surface area contributed by atoms with Crippen LogP contribution in [0.2, 0.25) is 0 Å². The zero-order chi connectivity index (χ0) is 22.1. The lowest BCUT2D eigenvalue weighted by molar-refractivity contribution is 0.0979. The van der Waals surface area contributed by atoms with E-state index in [4.69, 9.17) is 12.2 Å². The summed E-state index contributed by atoms with van der Waals surface area (Å²) >= 11 is 6.86. The predicted molar refractivity (Wildman–Crippen MR) is 131 cm³/mol. The number of thiocarbonyl (C=S) groups is 1. The van der Waals surface area contributed by atoms with Gasteiger partial charge in [-0.1, -0.05) is 66.8 Å². The van der Waals surface area contributed by atoms with Crippen LogP contribution in [0.25, 0.3) is 26.3 Å². The number of fused-ring (bicyclic) bond motifs is 2.